The minimum atomic E-state index is -1.01. The van der Waals surface area contributed by atoms with E-state index in [1.165, 1.54) is 24.3 Å². The summed E-state index contributed by atoms with van der Waals surface area (Å²) in [6, 6.07) is 5.80. The van der Waals surface area contributed by atoms with Gasteiger partial charge in [0.05, 0.1) is 11.5 Å². The van der Waals surface area contributed by atoms with E-state index < -0.39 is 5.97 Å². The van der Waals surface area contributed by atoms with Crippen LogP contribution in [-0.4, -0.2) is 29.5 Å². The number of benzene rings is 1. The predicted octanol–water partition coefficient (Wildman–Crippen LogP) is 1.58. The highest BCUT2D eigenvalue weighted by molar-refractivity contribution is 5.87. The molecule has 124 valence electrons. The monoisotopic (exact) mass is 319 g/mol. The number of esters is 1. The Balaban J connectivity index is 1.80. The Hall–Kier alpha value is -2.57. The molecule has 1 fully saturated rings. The molecule has 7 heteroatoms. The van der Waals surface area contributed by atoms with Crippen molar-refractivity contribution in [3.8, 4) is 5.75 Å². The van der Waals surface area contributed by atoms with Gasteiger partial charge >= 0.3 is 11.9 Å². The number of carbonyl (C=O) groups excluding carboxylic acids is 1. The van der Waals surface area contributed by atoms with E-state index in [4.69, 9.17) is 21.0 Å². The van der Waals surface area contributed by atoms with Crippen molar-refractivity contribution in [2.45, 2.75) is 25.7 Å². The van der Waals surface area contributed by atoms with Crippen molar-refractivity contribution in [1.82, 2.24) is 5.32 Å². The molecule has 0 bridgehead atoms. The highest BCUT2D eigenvalue weighted by atomic mass is 16.5. The van der Waals surface area contributed by atoms with Gasteiger partial charge in [-0.05, 0) is 55.9 Å². The summed E-state index contributed by atoms with van der Waals surface area (Å²) in [7, 11) is 0. The fraction of sp³-hybridized carbons (Fsp3) is 0.438. The summed E-state index contributed by atoms with van der Waals surface area (Å²) in [5, 5.41) is 18.8. The molecule has 0 aromatic heterocycles. The van der Waals surface area contributed by atoms with Crippen LogP contribution in [0.2, 0.25) is 0 Å². The van der Waals surface area contributed by atoms with Crippen LogP contribution in [0.4, 0.5) is 0 Å². The molecule has 0 saturated heterocycles. The topological polar surface area (TPSA) is 126 Å². The number of nitrogens with one attached hydrogen (secondary N) is 2. The van der Waals surface area contributed by atoms with Crippen molar-refractivity contribution < 1.29 is 19.4 Å². The third-order valence-corrected chi connectivity index (χ3v) is 4.08. The van der Waals surface area contributed by atoms with Crippen molar-refractivity contribution in [1.29, 1.82) is 5.41 Å². The zero-order chi connectivity index (χ0) is 16.8. The van der Waals surface area contributed by atoms with E-state index in [1.807, 2.05) is 0 Å². The molecule has 23 heavy (non-hydrogen) atoms. The van der Waals surface area contributed by atoms with Crippen LogP contribution in [-0.2, 0) is 4.79 Å². The molecular weight excluding hydrogens is 298 g/mol. The summed E-state index contributed by atoms with van der Waals surface area (Å²) in [5.74, 6) is -0.677. The van der Waals surface area contributed by atoms with Crippen molar-refractivity contribution in [3.63, 3.8) is 0 Å². The lowest BCUT2D eigenvalue weighted by Gasteiger charge is -2.27. The standard InChI is InChI=1S/C16H21N3O4/c17-16(18)19-9-10-1-3-12(4-2-10)15(22)23-13-7-5-11(6-8-13)14(20)21/h5-8,10,12H,1-4,9H2,(H,20,21)(H4,17,18,19)/t10-,12-. The maximum absolute atomic E-state index is 12.2. The zero-order valence-corrected chi connectivity index (χ0v) is 12.7. The Kier molecular flexibility index (Phi) is 5.56. The first kappa shape index (κ1) is 16.8. The van der Waals surface area contributed by atoms with Crippen LogP contribution in [0.3, 0.4) is 0 Å². The first-order chi connectivity index (χ1) is 11.0. The van der Waals surface area contributed by atoms with Crippen LogP contribution in [0.25, 0.3) is 0 Å². The lowest BCUT2D eigenvalue weighted by Crippen LogP contribution is -2.36. The molecule has 0 spiro atoms. The first-order valence-electron chi connectivity index (χ1n) is 7.58. The number of hydrogen-bond acceptors (Lipinski definition) is 4. The number of aromatic carboxylic acids is 1. The predicted molar refractivity (Wildman–Crippen MR) is 84.4 cm³/mol. The van der Waals surface area contributed by atoms with Crippen LogP contribution >= 0.6 is 0 Å². The second-order valence-corrected chi connectivity index (χ2v) is 5.76. The van der Waals surface area contributed by atoms with Crippen LogP contribution < -0.4 is 15.8 Å². The van der Waals surface area contributed by atoms with Gasteiger partial charge in [-0.25, -0.2) is 4.79 Å². The third kappa shape index (κ3) is 4.98. The molecule has 5 N–H and O–H groups in total. The summed E-state index contributed by atoms with van der Waals surface area (Å²) in [6.45, 7) is 0.660. The van der Waals surface area contributed by atoms with Gasteiger partial charge in [-0.2, -0.15) is 0 Å². The van der Waals surface area contributed by atoms with Crippen molar-refractivity contribution in [2.75, 3.05) is 6.54 Å². The molecule has 0 amide bonds. The molecule has 0 aliphatic heterocycles. The Morgan fingerprint density at radius 1 is 1.22 bits per heavy atom. The number of carbonyl (C=O) groups is 2. The molecule has 7 nitrogen and oxygen atoms in total. The average molecular weight is 319 g/mol. The lowest BCUT2D eigenvalue weighted by molar-refractivity contribution is -0.140. The van der Waals surface area contributed by atoms with Crippen LogP contribution in [0.5, 0.6) is 5.75 Å². The molecule has 1 aromatic rings. The SMILES string of the molecule is N=C(N)NC[C@H]1CC[C@H](C(=O)Oc2ccc(C(=O)O)cc2)CC1. The maximum Gasteiger partial charge on any atom is 0.335 e. The quantitative estimate of drug-likeness (QED) is 0.282. The van der Waals surface area contributed by atoms with Gasteiger partial charge < -0.3 is 20.9 Å². The van der Waals surface area contributed by atoms with Crippen LogP contribution in [0.15, 0.2) is 24.3 Å². The van der Waals surface area contributed by atoms with Crippen molar-refractivity contribution in [2.24, 2.45) is 17.6 Å². The number of guanidine groups is 1. The zero-order valence-electron chi connectivity index (χ0n) is 12.7. The molecule has 0 unspecified atom stereocenters. The molecule has 1 saturated carbocycles. The first-order valence-corrected chi connectivity index (χ1v) is 7.58. The number of rotatable bonds is 5. The summed E-state index contributed by atoms with van der Waals surface area (Å²) in [6.07, 6.45) is 3.27. The molecule has 0 heterocycles. The van der Waals surface area contributed by atoms with Crippen molar-refractivity contribution in [3.05, 3.63) is 29.8 Å². The van der Waals surface area contributed by atoms with E-state index in [1.54, 1.807) is 0 Å². The molecule has 1 aromatic carbocycles. The van der Waals surface area contributed by atoms with Crippen molar-refractivity contribution >= 4 is 17.9 Å². The summed E-state index contributed by atoms with van der Waals surface area (Å²) >= 11 is 0. The van der Waals surface area contributed by atoms with Gasteiger partial charge in [-0.3, -0.25) is 10.2 Å². The summed E-state index contributed by atoms with van der Waals surface area (Å²) in [5.41, 5.74) is 5.42. The van der Waals surface area contributed by atoms with Gasteiger partial charge in [0, 0.05) is 6.54 Å². The van der Waals surface area contributed by atoms with E-state index in [-0.39, 0.29) is 23.4 Å². The van der Waals surface area contributed by atoms with Crippen LogP contribution in [0.1, 0.15) is 36.0 Å². The minimum Gasteiger partial charge on any atom is -0.478 e. The normalized spacial score (nSPS) is 20.5. The number of ether oxygens (including phenoxy) is 1. The highest BCUT2D eigenvalue weighted by Crippen LogP contribution is 2.29. The maximum atomic E-state index is 12.2. The summed E-state index contributed by atoms with van der Waals surface area (Å²) < 4.78 is 5.32. The second kappa shape index (κ2) is 7.62. The number of carboxylic acids is 1. The van der Waals surface area contributed by atoms with Gasteiger partial charge in [-0.15, -0.1) is 0 Å². The third-order valence-electron chi connectivity index (χ3n) is 4.08. The Morgan fingerprint density at radius 3 is 2.35 bits per heavy atom. The number of carboxylic acid groups (broad SMARTS) is 1. The average Bonchev–Trinajstić information content (AvgIpc) is 2.54. The molecule has 1 aliphatic carbocycles. The molecule has 1 aliphatic rings. The Morgan fingerprint density at radius 2 is 1.83 bits per heavy atom. The second-order valence-electron chi connectivity index (χ2n) is 5.76. The molecule has 2 rings (SSSR count). The molecular formula is C16H21N3O4. The summed E-state index contributed by atoms with van der Waals surface area (Å²) in [4.78, 5) is 22.9. The largest absolute Gasteiger partial charge is 0.478 e. The van der Waals surface area contributed by atoms with E-state index in [2.05, 4.69) is 5.32 Å². The molecule has 0 atom stereocenters. The van der Waals surface area contributed by atoms with E-state index in [9.17, 15) is 9.59 Å². The Bertz CT molecular complexity index is 577. The Labute approximate surface area is 134 Å². The smallest absolute Gasteiger partial charge is 0.335 e. The fourth-order valence-electron chi connectivity index (χ4n) is 2.72. The fourth-order valence-corrected chi connectivity index (χ4v) is 2.72. The highest BCUT2D eigenvalue weighted by Gasteiger charge is 2.27. The molecule has 0 radical (unpaired) electrons. The minimum absolute atomic E-state index is 0.0312. The van der Waals surface area contributed by atoms with Gasteiger partial charge in [0.15, 0.2) is 5.96 Å². The van der Waals surface area contributed by atoms with E-state index in [0.717, 1.165) is 25.7 Å². The number of nitrogens with two attached hydrogens (primary N) is 1. The van der Waals surface area contributed by atoms with E-state index >= 15 is 0 Å². The van der Waals surface area contributed by atoms with Gasteiger partial charge in [0.1, 0.15) is 5.75 Å². The van der Waals surface area contributed by atoms with Crippen LogP contribution in [0, 0.1) is 17.2 Å². The van der Waals surface area contributed by atoms with E-state index in [0.29, 0.717) is 18.2 Å². The van der Waals surface area contributed by atoms with Gasteiger partial charge in [0.25, 0.3) is 0 Å². The lowest BCUT2D eigenvalue weighted by atomic mass is 9.82. The number of hydrogen-bond donors (Lipinski definition) is 4. The van der Waals surface area contributed by atoms with Gasteiger partial charge in [-0.1, -0.05) is 0 Å². The van der Waals surface area contributed by atoms with Gasteiger partial charge in [0.2, 0.25) is 0 Å².